The second-order valence-corrected chi connectivity index (χ2v) is 7.67. The molecule has 1 fully saturated rings. The van der Waals surface area contributed by atoms with Gasteiger partial charge in [0.25, 0.3) is 11.8 Å². The molecule has 2 heterocycles. The van der Waals surface area contributed by atoms with Crippen molar-refractivity contribution < 1.29 is 22.8 Å². The normalized spacial score (nSPS) is 16.3. The van der Waals surface area contributed by atoms with E-state index < -0.39 is 23.6 Å². The molecule has 1 aliphatic heterocycles. The molecule has 32 heavy (non-hydrogen) atoms. The van der Waals surface area contributed by atoms with Gasteiger partial charge in [0.1, 0.15) is 6.33 Å². The van der Waals surface area contributed by atoms with E-state index in [0.717, 1.165) is 24.2 Å². The van der Waals surface area contributed by atoms with E-state index in [1.165, 1.54) is 18.5 Å². The summed E-state index contributed by atoms with van der Waals surface area (Å²) >= 11 is 0. The van der Waals surface area contributed by atoms with Crippen molar-refractivity contribution in [3.63, 3.8) is 0 Å². The zero-order valence-corrected chi connectivity index (χ0v) is 16.9. The standard InChI is InChI=1S/C22H20F3N5O2/c23-22(24,25)15-3-1-2-14(8-15)21(32)28-9-13-6-7-30(11-13)18-5-4-16(20(26)31)19-17(18)10-27-12-29-19/h1-5,8,10,12-13H,6-7,9,11H2,(H2,26,31)(H,28,32). The Balaban J connectivity index is 1.43. The van der Waals surface area contributed by atoms with Crippen LogP contribution in [0.1, 0.15) is 32.7 Å². The topological polar surface area (TPSA) is 101 Å². The van der Waals surface area contributed by atoms with Crippen LogP contribution >= 0.6 is 0 Å². The Bertz CT molecular complexity index is 1180. The first-order chi connectivity index (χ1) is 15.2. The predicted molar refractivity (Wildman–Crippen MR) is 112 cm³/mol. The zero-order chi connectivity index (χ0) is 22.9. The van der Waals surface area contributed by atoms with E-state index in [1.54, 1.807) is 18.3 Å². The lowest BCUT2D eigenvalue weighted by molar-refractivity contribution is -0.137. The minimum atomic E-state index is -4.50. The smallest absolute Gasteiger partial charge is 0.371 e. The number of nitrogens with zero attached hydrogens (tertiary/aromatic N) is 3. The number of rotatable bonds is 5. The summed E-state index contributed by atoms with van der Waals surface area (Å²) in [4.78, 5) is 34.4. The van der Waals surface area contributed by atoms with Crippen LogP contribution in [0.3, 0.4) is 0 Å². The Labute approximate surface area is 181 Å². The average Bonchev–Trinajstić information content (AvgIpc) is 3.25. The van der Waals surface area contributed by atoms with Crippen LogP contribution in [0.15, 0.2) is 48.9 Å². The summed E-state index contributed by atoms with van der Waals surface area (Å²) in [7, 11) is 0. The Kier molecular flexibility index (Phi) is 5.68. The zero-order valence-electron chi connectivity index (χ0n) is 16.9. The van der Waals surface area contributed by atoms with Crippen LogP contribution in [0.4, 0.5) is 18.9 Å². The molecular formula is C22H20F3N5O2. The number of amides is 2. The highest BCUT2D eigenvalue weighted by atomic mass is 19.4. The molecule has 166 valence electrons. The highest BCUT2D eigenvalue weighted by molar-refractivity contribution is 6.08. The number of hydrogen-bond donors (Lipinski definition) is 2. The summed E-state index contributed by atoms with van der Waals surface area (Å²) < 4.78 is 38.6. The highest BCUT2D eigenvalue weighted by Gasteiger charge is 2.31. The molecule has 1 saturated heterocycles. The molecule has 0 bridgehead atoms. The van der Waals surface area contributed by atoms with Crippen molar-refractivity contribution in [2.45, 2.75) is 12.6 Å². The van der Waals surface area contributed by atoms with Gasteiger partial charge in [-0.25, -0.2) is 9.97 Å². The minimum Gasteiger partial charge on any atom is -0.371 e. The molecule has 1 aromatic heterocycles. The minimum absolute atomic E-state index is 0.0279. The van der Waals surface area contributed by atoms with Gasteiger partial charge in [0.05, 0.1) is 16.6 Å². The molecule has 0 saturated carbocycles. The molecular weight excluding hydrogens is 423 g/mol. The van der Waals surface area contributed by atoms with Crippen molar-refractivity contribution in [3.05, 3.63) is 65.6 Å². The van der Waals surface area contributed by atoms with Crippen molar-refractivity contribution in [2.75, 3.05) is 24.5 Å². The monoisotopic (exact) mass is 443 g/mol. The maximum Gasteiger partial charge on any atom is 0.416 e. The van der Waals surface area contributed by atoms with Gasteiger partial charge in [-0.05, 0) is 42.7 Å². The van der Waals surface area contributed by atoms with Gasteiger partial charge in [0.15, 0.2) is 0 Å². The summed E-state index contributed by atoms with van der Waals surface area (Å²) in [5.41, 5.74) is 6.21. The second kappa shape index (κ2) is 8.45. The van der Waals surface area contributed by atoms with Gasteiger partial charge in [-0.2, -0.15) is 13.2 Å². The van der Waals surface area contributed by atoms with E-state index in [9.17, 15) is 22.8 Å². The van der Waals surface area contributed by atoms with E-state index >= 15 is 0 Å². The molecule has 0 spiro atoms. The molecule has 7 nitrogen and oxygen atoms in total. The van der Waals surface area contributed by atoms with Crippen molar-refractivity contribution >= 4 is 28.4 Å². The molecule has 1 unspecified atom stereocenters. The Morgan fingerprint density at radius 3 is 2.78 bits per heavy atom. The highest BCUT2D eigenvalue weighted by Crippen LogP contribution is 2.32. The van der Waals surface area contributed by atoms with Crippen molar-refractivity contribution in [2.24, 2.45) is 11.7 Å². The Hall–Kier alpha value is -3.69. The largest absolute Gasteiger partial charge is 0.416 e. The third-order valence-corrected chi connectivity index (χ3v) is 5.55. The molecule has 0 aliphatic carbocycles. The second-order valence-electron chi connectivity index (χ2n) is 7.67. The number of hydrogen-bond acceptors (Lipinski definition) is 5. The molecule has 3 N–H and O–H groups in total. The van der Waals surface area contributed by atoms with Gasteiger partial charge < -0.3 is 16.0 Å². The van der Waals surface area contributed by atoms with Gasteiger partial charge in [-0.1, -0.05) is 6.07 Å². The lowest BCUT2D eigenvalue weighted by Gasteiger charge is -2.21. The predicted octanol–water partition coefficient (Wildman–Crippen LogP) is 3.00. The van der Waals surface area contributed by atoms with E-state index in [4.69, 9.17) is 5.73 Å². The fourth-order valence-corrected chi connectivity index (χ4v) is 3.93. The molecule has 4 rings (SSSR count). The maximum atomic E-state index is 12.9. The van der Waals surface area contributed by atoms with Gasteiger partial charge >= 0.3 is 6.18 Å². The van der Waals surface area contributed by atoms with Gasteiger partial charge in [0.2, 0.25) is 0 Å². The number of nitrogens with one attached hydrogen (secondary N) is 1. The SMILES string of the molecule is NC(=O)c1ccc(N2CCC(CNC(=O)c3cccc(C(F)(F)F)c3)C2)c2cncnc12. The van der Waals surface area contributed by atoms with E-state index in [1.807, 2.05) is 0 Å². The summed E-state index contributed by atoms with van der Waals surface area (Å²) in [5.74, 6) is -1.00. The molecule has 1 aliphatic rings. The Morgan fingerprint density at radius 1 is 1.22 bits per heavy atom. The molecule has 0 radical (unpaired) electrons. The first-order valence-corrected chi connectivity index (χ1v) is 9.97. The number of halogens is 3. The molecule has 2 aromatic carbocycles. The van der Waals surface area contributed by atoms with Crippen molar-refractivity contribution in [1.29, 1.82) is 0 Å². The maximum absolute atomic E-state index is 12.9. The fraction of sp³-hybridized carbons (Fsp3) is 0.273. The van der Waals surface area contributed by atoms with Crippen molar-refractivity contribution in [1.82, 2.24) is 15.3 Å². The number of carbonyl (C=O) groups is 2. The van der Waals surface area contributed by atoms with Crippen LogP contribution < -0.4 is 16.0 Å². The van der Waals surface area contributed by atoms with Crippen LogP contribution in [0.5, 0.6) is 0 Å². The van der Waals surface area contributed by atoms with E-state index in [2.05, 4.69) is 20.2 Å². The molecule has 1 atom stereocenters. The number of nitrogens with two attached hydrogens (primary N) is 1. The quantitative estimate of drug-likeness (QED) is 0.631. The average molecular weight is 443 g/mol. The van der Waals surface area contributed by atoms with Crippen molar-refractivity contribution in [3.8, 4) is 0 Å². The first-order valence-electron chi connectivity index (χ1n) is 9.97. The summed E-state index contributed by atoms with van der Waals surface area (Å²) in [6.07, 6.45) is -0.726. The number of alkyl halides is 3. The Morgan fingerprint density at radius 2 is 2.03 bits per heavy atom. The fourth-order valence-electron chi connectivity index (χ4n) is 3.93. The molecule has 10 heteroatoms. The third kappa shape index (κ3) is 4.34. The number of anilines is 1. The number of fused-ring (bicyclic) bond motifs is 1. The first kappa shape index (κ1) is 21.5. The number of benzene rings is 2. The van der Waals surface area contributed by atoms with Gasteiger partial charge in [-0.3, -0.25) is 9.59 Å². The van der Waals surface area contributed by atoms with Crippen LogP contribution in [0, 0.1) is 5.92 Å². The van der Waals surface area contributed by atoms with E-state index in [-0.39, 0.29) is 11.5 Å². The van der Waals surface area contributed by atoms with Gasteiger partial charge in [-0.15, -0.1) is 0 Å². The molecule has 2 amide bonds. The van der Waals surface area contributed by atoms with Crippen LogP contribution in [0.25, 0.3) is 10.9 Å². The molecule has 3 aromatic rings. The van der Waals surface area contributed by atoms with Crippen LogP contribution in [-0.4, -0.2) is 41.4 Å². The van der Waals surface area contributed by atoms with E-state index in [0.29, 0.717) is 36.1 Å². The number of aromatic nitrogens is 2. The third-order valence-electron chi connectivity index (χ3n) is 5.55. The number of primary amides is 1. The summed E-state index contributed by atoms with van der Waals surface area (Å²) in [5, 5.41) is 3.44. The van der Waals surface area contributed by atoms with Gasteiger partial charge in [0, 0.05) is 42.5 Å². The lowest BCUT2D eigenvalue weighted by Crippen LogP contribution is -2.31. The van der Waals surface area contributed by atoms with Crippen LogP contribution in [-0.2, 0) is 6.18 Å². The number of carbonyl (C=O) groups excluding carboxylic acids is 2. The summed E-state index contributed by atoms with van der Waals surface area (Å²) in [6.45, 7) is 1.67. The lowest BCUT2D eigenvalue weighted by atomic mass is 10.1. The van der Waals surface area contributed by atoms with Crippen LogP contribution in [0.2, 0.25) is 0 Å². The summed E-state index contributed by atoms with van der Waals surface area (Å²) in [6, 6.07) is 7.80.